The number of nitrogens with zero attached hydrogens (tertiary/aromatic N) is 2. The van der Waals surface area contributed by atoms with Crippen molar-refractivity contribution < 1.29 is 17.9 Å². The molecule has 0 unspecified atom stereocenters. The number of amides is 1. The molecule has 0 N–H and O–H groups in total. The number of carbonyl (C=O) groups excluding carboxylic acids is 1. The average Bonchev–Trinajstić information content (AvgIpc) is 3.22. The minimum atomic E-state index is -3.54. The molecule has 3 atom stereocenters. The molecule has 6 nitrogen and oxygen atoms in total. The minimum absolute atomic E-state index is 0.139. The summed E-state index contributed by atoms with van der Waals surface area (Å²) in [6, 6.07) is 6.91. The first-order chi connectivity index (χ1) is 11.9. The number of morpholine rings is 1. The van der Waals surface area contributed by atoms with E-state index in [2.05, 4.69) is 0 Å². The van der Waals surface area contributed by atoms with Crippen molar-refractivity contribution in [1.82, 2.24) is 9.21 Å². The topological polar surface area (TPSA) is 66.9 Å². The van der Waals surface area contributed by atoms with Crippen molar-refractivity contribution in [1.29, 1.82) is 0 Å². The van der Waals surface area contributed by atoms with Gasteiger partial charge in [-0.3, -0.25) is 4.79 Å². The van der Waals surface area contributed by atoms with Crippen LogP contribution in [0.1, 0.15) is 24.8 Å². The van der Waals surface area contributed by atoms with E-state index in [0.29, 0.717) is 17.9 Å². The van der Waals surface area contributed by atoms with Gasteiger partial charge in [-0.05, 0) is 38.3 Å². The van der Waals surface area contributed by atoms with Crippen molar-refractivity contribution in [3.63, 3.8) is 0 Å². The Morgan fingerprint density at radius 1 is 1.12 bits per heavy atom. The number of benzene rings is 1. The molecule has 7 heteroatoms. The normalized spacial score (nSPS) is 30.0. The van der Waals surface area contributed by atoms with Crippen molar-refractivity contribution in [3.05, 3.63) is 29.8 Å². The summed E-state index contributed by atoms with van der Waals surface area (Å²) in [6.45, 7) is 4.16. The van der Waals surface area contributed by atoms with Gasteiger partial charge in [-0.2, -0.15) is 4.31 Å². The molecule has 136 valence electrons. The van der Waals surface area contributed by atoms with E-state index in [1.807, 2.05) is 24.0 Å². The Labute approximate surface area is 148 Å². The highest BCUT2D eigenvalue weighted by Gasteiger charge is 2.48. The van der Waals surface area contributed by atoms with Crippen LogP contribution in [0, 0.1) is 12.8 Å². The molecule has 0 saturated carbocycles. The van der Waals surface area contributed by atoms with E-state index < -0.39 is 10.0 Å². The zero-order valence-corrected chi connectivity index (χ0v) is 15.2. The van der Waals surface area contributed by atoms with Crippen LogP contribution in [-0.2, 0) is 19.6 Å². The summed E-state index contributed by atoms with van der Waals surface area (Å²) < 4.78 is 33.3. The molecule has 3 saturated heterocycles. The maximum absolute atomic E-state index is 12.9. The molecule has 3 aliphatic rings. The van der Waals surface area contributed by atoms with Crippen LogP contribution in [0.5, 0.6) is 0 Å². The molecule has 2 bridgehead atoms. The lowest BCUT2D eigenvalue weighted by atomic mass is 9.99. The second-order valence-electron chi connectivity index (χ2n) is 7.31. The lowest BCUT2D eigenvalue weighted by Gasteiger charge is -2.32. The Bertz CT molecular complexity index is 756. The van der Waals surface area contributed by atoms with Crippen LogP contribution in [0.2, 0.25) is 0 Å². The van der Waals surface area contributed by atoms with Gasteiger partial charge in [0.05, 0.1) is 23.0 Å². The number of ether oxygens (including phenoxy) is 1. The Hall–Kier alpha value is -1.44. The van der Waals surface area contributed by atoms with Gasteiger partial charge in [-0.1, -0.05) is 17.7 Å². The van der Waals surface area contributed by atoms with E-state index >= 15 is 0 Å². The smallest absolute Gasteiger partial charge is 0.243 e. The molecule has 0 radical (unpaired) electrons. The average molecular weight is 364 g/mol. The number of sulfonamides is 1. The largest absolute Gasteiger partial charge is 0.371 e. The van der Waals surface area contributed by atoms with Gasteiger partial charge in [-0.25, -0.2) is 8.42 Å². The van der Waals surface area contributed by atoms with Gasteiger partial charge in [0.2, 0.25) is 15.9 Å². The summed E-state index contributed by atoms with van der Waals surface area (Å²) in [5.41, 5.74) is 1.03. The van der Waals surface area contributed by atoms with Crippen LogP contribution >= 0.6 is 0 Å². The maximum atomic E-state index is 12.9. The van der Waals surface area contributed by atoms with Crippen molar-refractivity contribution in [2.75, 3.05) is 26.2 Å². The minimum Gasteiger partial charge on any atom is -0.371 e. The number of aryl methyl sites for hydroxylation is 1. The molecule has 1 aromatic carbocycles. The molecule has 25 heavy (non-hydrogen) atoms. The van der Waals surface area contributed by atoms with Gasteiger partial charge >= 0.3 is 0 Å². The molecule has 1 aromatic rings. The Kier molecular flexibility index (Phi) is 4.33. The van der Waals surface area contributed by atoms with Crippen LogP contribution in [-0.4, -0.2) is 61.9 Å². The predicted molar refractivity (Wildman–Crippen MR) is 92.5 cm³/mol. The molecule has 3 fully saturated rings. The first kappa shape index (κ1) is 17.0. The molecule has 3 aliphatic heterocycles. The summed E-state index contributed by atoms with van der Waals surface area (Å²) in [5.74, 6) is -0.0686. The first-order valence-corrected chi connectivity index (χ1v) is 10.4. The summed E-state index contributed by atoms with van der Waals surface area (Å²) in [4.78, 5) is 14.9. The summed E-state index contributed by atoms with van der Waals surface area (Å²) in [5, 5.41) is 0. The van der Waals surface area contributed by atoms with Crippen molar-refractivity contribution >= 4 is 15.9 Å². The zero-order valence-electron chi connectivity index (χ0n) is 14.4. The lowest BCUT2D eigenvalue weighted by Crippen LogP contribution is -2.48. The van der Waals surface area contributed by atoms with E-state index in [0.717, 1.165) is 31.5 Å². The number of likely N-dealkylation sites (tertiary alicyclic amines) is 1. The third kappa shape index (κ3) is 3.09. The highest BCUT2D eigenvalue weighted by molar-refractivity contribution is 7.89. The van der Waals surface area contributed by atoms with Gasteiger partial charge in [0.25, 0.3) is 0 Å². The highest BCUT2D eigenvalue weighted by atomic mass is 32.2. The first-order valence-electron chi connectivity index (χ1n) is 8.96. The number of fused-ring (bicyclic) bond motifs is 2. The predicted octanol–water partition coefficient (Wildman–Crippen LogP) is 1.40. The Balaban J connectivity index is 1.51. The fourth-order valence-corrected chi connectivity index (χ4v) is 5.59. The van der Waals surface area contributed by atoms with Gasteiger partial charge in [0, 0.05) is 26.2 Å². The van der Waals surface area contributed by atoms with E-state index in [1.54, 1.807) is 12.1 Å². The number of carbonyl (C=O) groups is 1. The molecule has 0 spiro atoms. The highest BCUT2D eigenvalue weighted by Crippen LogP contribution is 2.35. The molecular weight excluding hydrogens is 340 g/mol. The summed E-state index contributed by atoms with van der Waals surface area (Å²) in [7, 11) is -3.54. The third-order valence-electron chi connectivity index (χ3n) is 5.52. The van der Waals surface area contributed by atoms with Gasteiger partial charge in [0.15, 0.2) is 0 Å². The second-order valence-corrected chi connectivity index (χ2v) is 9.24. The standard InChI is InChI=1S/C18H24N2O4S/c1-13-4-6-15(7-5-13)25(22,23)20-11-14-10-16(17(12-20)24-14)18(21)19-8-2-3-9-19/h4-7,14,16-17H,2-3,8-12H2,1H3/t14-,16+,17-/m0/s1. The maximum Gasteiger partial charge on any atom is 0.243 e. The van der Waals surface area contributed by atoms with E-state index in [4.69, 9.17) is 4.74 Å². The molecule has 3 heterocycles. The Morgan fingerprint density at radius 2 is 1.80 bits per heavy atom. The van der Waals surface area contributed by atoms with Gasteiger partial charge in [0.1, 0.15) is 0 Å². The van der Waals surface area contributed by atoms with Crippen molar-refractivity contribution in [3.8, 4) is 0 Å². The fourth-order valence-electron chi connectivity index (χ4n) is 4.11. The number of rotatable bonds is 3. The second kappa shape index (κ2) is 6.37. The fraction of sp³-hybridized carbons (Fsp3) is 0.611. The van der Waals surface area contributed by atoms with Crippen LogP contribution in [0.25, 0.3) is 0 Å². The molecule has 4 rings (SSSR count). The van der Waals surface area contributed by atoms with E-state index in [1.165, 1.54) is 4.31 Å². The van der Waals surface area contributed by atoms with Crippen LogP contribution in [0.3, 0.4) is 0 Å². The van der Waals surface area contributed by atoms with Crippen LogP contribution in [0.15, 0.2) is 29.2 Å². The monoisotopic (exact) mass is 364 g/mol. The summed E-state index contributed by atoms with van der Waals surface area (Å²) in [6.07, 6.45) is 2.23. The van der Waals surface area contributed by atoms with Crippen LogP contribution < -0.4 is 0 Å². The quantitative estimate of drug-likeness (QED) is 0.813. The molecular formula is C18H24N2O4S. The Morgan fingerprint density at radius 3 is 2.48 bits per heavy atom. The van der Waals surface area contributed by atoms with Crippen molar-refractivity contribution in [2.24, 2.45) is 5.92 Å². The third-order valence-corrected chi connectivity index (χ3v) is 7.36. The van der Waals surface area contributed by atoms with E-state index in [-0.39, 0.29) is 30.6 Å². The molecule has 0 aromatic heterocycles. The van der Waals surface area contributed by atoms with E-state index in [9.17, 15) is 13.2 Å². The molecule has 0 aliphatic carbocycles. The van der Waals surface area contributed by atoms with Crippen molar-refractivity contribution in [2.45, 2.75) is 43.3 Å². The summed E-state index contributed by atoms with van der Waals surface area (Å²) >= 11 is 0. The number of hydrogen-bond donors (Lipinski definition) is 0. The van der Waals surface area contributed by atoms with Gasteiger partial charge in [-0.15, -0.1) is 0 Å². The van der Waals surface area contributed by atoms with Gasteiger partial charge < -0.3 is 9.64 Å². The SMILES string of the molecule is Cc1ccc(S(=O)(=O)N2C[C@@H]3C[C@@H](C(=O)N4CCCC4)[C@H](C2)O3)cc1. The zero-order chi connectivity index (χ0) is 17.6. The molecule has 1 amide bonds. The number of hydrogen-bond acceptors (Lipinski definition) is 4. The van der Waals surface area contributed by atoms with Crippen LogP contribution in [0.4, 0.5) is 0 Å². The lowest BCUT2D eigenvalue weighted by molar-refractivity contribution is -0.136.